The monoisotopic (exact) mass is 1040 g/mol. The number of benzene rings is 14. The number of hydrogen-bond acceptors (Lipinski definition) is 2. The first-order chi connectivity index (χ1) is 40.7. The summed E-state index contributed by atoms with van der Waals surface area (Å²) in [4.78, 5) is 5.17. The second kappa shape index (κ2) is 17.0. The molecule has 2 nitrogen and oxygen atoms in total. The van der Waals surface area contributed by atoms with Crippen LogP contribution < -0.4 is 9.80 Å². The van der Waals surface area contributed by atoms with Gasteiger partial charge in [-0.1, -0.05) is 249 Å². The number of hydrogen-bond donors (Lipinski definition) is 0. The average molecular weight is 1040 g/mol. The fourth-order valence-electron chi connectivity index (χ4n) is 15.8. The summed E-state index contributed by atoms with van der Waals surface area (Å²) in [6.07, 6.45) is 0. The molecule has 4 aliphatic rings. The molecule has 2 heteroatoms. The number of fused-ring (bicyclic) bond motifs is 21. The summed E-state index contributed by atoms with van der Waals surface area (Å²) >= 11 is 0. The molecule has 0 radical (unpaired) electrons. The number of nitrogens with zero attached hydrogens (tertiary/aromatic N) is 2. The quantitative estimate of drug-likeness (QED) is 0.162. The molecule has 2 spiro atoms. The molecule has 0 unspecified atom stereocenters. The van der Waals surface area contributed by atoms with Crippen molar-refractivity contribution in [1.29, 1.82) is 0 Å². The van der Waals surface area contributed by atoms with E-state index in [4.69, 9.17) is 0 Å². The molecule has 0 N–H and O–H groups in total. The lowest BCUT2D eigenvalue weighted by Crippen LogP contribution is -2.36. The highest BCUT2D eigenvalue weighted by Gasteiger charge is 2.53. The summed E-state index contributed by atoms with van der Waals surface area (Å²) < 4.78 is 0. The summed E-state index contributed by atoms with van der Waals surface area (Å²) in [6, 6.07) is 115. The van der Waals surface area contributed by atoms with E-state index in [-0.39, 0.29) is 0 Å². The minimum Gasteiger partial charge on any atom is -0.309 e. The summed E-state index contributed by atoms with van der Waals surface area (Å²) in [6.45, 7) is 0. The molecular weight excluding hydrogens is 989 g/mol. The standard InChI is InChI=1S/C80H50N2/c1-2-24-51(25-3-1)61-49-53(48-52-26-4-5-27-54(52)61)78-59-32-22-46-72(81-74-42-18-14-38-68(74)79(69-39-15-19-43-75(69)81)64-34-10-6-28-55(64)56-29-7-11-35-65(56)79)62(59)50-63-60(78)33-23-47-73(63)82-76-44-20-16-40-70(76)80(71-41-17-21-45-77(71)82)66-36-12-8-30-57(66)58-31-9-13-37-67(58)80/h1-50H. The first kappa shape index (κ1) is 45.3. The van der Waals surface area contributed by atoms with Gasteiger partial charge in [0.2, 0.25) is 0 Å². The van der Waals surface area contributed by atoms with E-state index in [0.717, 1.165) is 11.4 Å². The molecule has 2 aliphatic carbocycles. The SMILES string of the molecule is c1ccc(-c2cc(-c3c4cccc(N5c6ccccc6C6(c7ccccc7-c7ccccc76)c6ccccc65)c4cc4c(N5c6ccccc6C6(c7ccccc7-c7ccccc76)c6ccccc65)cccc34)cc3ccccc23)cc1. The maximum atomic E-state index is 2.58. The largest absolute Gasteiger partial charge is 0.309 e. The third-order valence-electron chi connectivity index (χ3n) is 18.8. The van der Waals surface area contributed by atoms with Crippen LogP contribution in [0.5, 0.6) is 0 Å². The van der Waals surface area contributed by atoms with Gasteiger partial charge in [0.1, 0.15) is 0 Å². The lowest BCUT2D eigenvalue weighted by molar-refractivity contribution is 0.753. The summed E-state index contributed by atoms with van der Waals surface area (Å²) in [5.41, 5.74) is 26.3. The van der Waals surface area contributed by atoms with Crippen LogP contribution in [0, 0.1) is 0 Å². The Kier molecular flexibility index (Phi) is 9.39. The van der Waals surface area contributed by atoms with E-state index in [0.29, 0.717) is 0 Å². The van der Waals surface area contributed by atoms with Crippen molar-refractivity contribution in [2.75, 3.05) is 9.80 Å². The number of anilines is 6. The van der Waals surface area contributed by atoms with Crippen LogP contribution >= 0.6 is 0 Å². The van der Waals surface area contributed by atoms with Gasteiger partial charge in [-0.25, -0.2) is 0 Å². The second-order valence-electron chi connectivity index (χ2n) is 22.5. The summed E-state index contributed by atoms with van der Waals surface area (Å²) in [5.74, 6) is 0. The van der Waals surface area contributed by atoms with Gasteiger partial charge in [-0.3, -0.25) is 0 Å². The van der Waals surface area contributed by atoms with E-state index in [1.165, 1.54) is 144 Å². The fraction of sp³-hybridized carbons (Fsp3) is 0.0250. The van der Waals surface area contributed by atoms with Gasteiger partial charge in [-0.15, -0.1) is 0 Å². The molecule has 0 atom stereocenters. The molecule has 14 aromatic carbocycles. The molecule has 0 aromatic heterocycles. The Labute approximate surface area is 476 Å². The minimum absolute atomic E-state index is 0.530. The highest BCUT2D eigenvalue weighted by molar-refractivity contribution is 6.21. The molecular formula is C80H50N2. The Balaban J connectivity index is 0.953. The zero-order valence-electron chi connectivity index (χ0n) is 44.8. The Morgan fingerprint density at radius 3 is 0.951 bits per heavy atom. The Morgan fingerprint density at radius 1 is 0.195 bits per heavy atom. The lowest BCUT2D eigenvalue weighted by atomic mass is 9.64. The van der Waals surface area contributed by atoms with Crippen LogP contribution in [0.4, 0.5) is 34.1 Å². The summed E-state index contributed by atoms with van der Waals surface area (Å²) in [5, 5.41) is 7.18. The number of rotatable bonds is 4. The van der Waals surface area contributed by atoms with Crippen molar-refractivity contribution in [1.82, 2.24) is 0 Å². The molecule has 14 aromatic rings. The smallest absolute Gasteiger partial charge is 0.0754 e. The predicted octanol–water partition coefficient (Wildman–Crippen LogP) is 20.8. The first-order valence-electron chi connectivity index (χ1n) is 28.7. The van der Waals surface area contributed by atoms with Gasteiger partial charge < -0.3 is 9.80 Å². The van der Waals surface area contributed by atoms with Gasteiger partial charge in [-0.2, -0.15) is 0 Å². The maximum absolute atomic E-state index is 2.58. The molecule has 18 rings (SSSR count). The topological polar surface area (TPSA) is 6.48 Å². The average Bonchev–Trinajstić information content (AvgIpc) is 1.97. The van der Waals surface area contributed by atoms with Gasteiger partial charge >= 0.3 is 0 Å². The molecule has 0 bridgehead atoms. The second-order valence-corrected chi connectivity index (χ2v) is 22.5. The highest BCUT2D eigenvalue weighted by Crippen LogP contribution is 2.66. The maximum Gasteiger partial charge on any atom is 0.0754 e. The number of para-hydroxylation sites is 4. The van der Waals surface area contributed by atoms with Crippen LogP contribution in [0.1, 0.15) is 44.5 Å². The Bertz CT molecular complexity index is 4590. The van der Waals surface area contributed by atoms with Gasteiger partial charge in [0, 0.05) is 10.8 Å². The minimum atomic E-state index is -0.530. The van der Waals surface area contributed by atoms with Crippen LogP contribution in [-0.4, -0.2) is 0 Å². The van der Waals surface area contributed by atoms with E-state index in [9.17, 15) is 0 Å². The van der Waals surface area contributed by atoms with Crippen LogP contribution in [-0.2, 0) is 10.8 Å². The molecule has 0 amide bonds. The van der Waals surface area contributed by atoms with Crippen LogP contribution in [0.2, 0.25) is 0 Å². The molecule has 2 heterocycles. The van der Waals surface area contributed by atoms with Gasteiger partial charge in [0.25, 0.3) is 0 Å². The Morgan fingerprint density at radius 2 is 0.524 bits per heavy atom. The lowest BCUT2D eigenvalue weighted by Gasteiger charge is -2.45. The van der Waals surface area contributed by atoms with Crippen molar-refractivity contribution < 1.29 is 0 Å². The highest BCUT2D eigenvalue weighted by atomic mass is 15.2. The zero-order chi connectivity index (χ0) is 53.7. The van der Waals surface area contributed by atoms with E-state index in [1.54, 1.807) is 0 Å². The normalized spacial score (nSPS) is 14.2. The van der Waals surface area contributed by atoms with Crippen molar-refractivity contribution in [2.24, 2.45) is 0 Å². The predicted molar refractivity (Wildman–Crippen MR) is 341 cm³/mol. The molecule has 0 fully saturated rings. The fourth-order valence-corrected chi connectivity index (χ4v) is 15.8. The zero-order valence-corrected chi connectivity index (χ0v) is 44.8. The van der Waals surface area contributed by atoms with E-state index < -0.39 is 10.8 Å². The van der Waals surface area contributed by atoms with Crippen LogP contribution in [0.3, 0.4) is 0 Å². The van der Waals surface area contributed by atoms with Crippen molar-refractivity contribution in [3.05, 3.63) is 348 Å². The molecule has 2 aliphatic heterocycles. The molecule has 82 heavy (non-hydrogen) atoms. The first-order valence-corrected chi connectivity index (χ1v) is 28.7. The van der Waals surface area contributed by atoms with Gasteiger partial charge in [0.15, 0.2) is 0 Å². The van der Waals surface area contributed by atoms with Gasteiger partial charge in [0.05, 0.1) is 45.0 Å². The third kappa shape index (κ3) is 5.82. The van der Waals surface area contributed by atoms with Crippen molar-refractivity contribution in [3.8, 4) is 44.5 Å². The van der Waals surface area contributed by atoms with Crippen LogP contribution in [0.25, 0.3) is 76.8 Å². The Hall–Kier alpha value is -10.5. The van der Waals surface area contributed by atoms with Crippen molar-refractivity contribution >= 4 is 66.4 Å². The molecule has 0 saturated heterocycles. The van der Waals surface area contributed by atoms with E-state index >= 15 is 0 Å². The summed E-state index contributed by atoms with van der Waals surface area (Å²) in [7, 11) is 0. The van der Waals surface area contributed by atoms with E-state index in [1.807, 2.05) is 0 Å². The molecule has 380 valence electrons. The van der Waals surface area contributed by atoms with Crippen LogP contribution in [0.15, 0.2) is 303 Å². The third-order valence-corrected chi connectivity index (χ3v) is 18.8. The van der Waals surface area contributed by atoms with Crippen molar-refractivity contribution in [2.45, 2.75) is 10.8 Å². The van der Waals surface area contributed by atoms with E-state index in [2.05, 4.69) is 313 Å². The van der Waals surface area contributed by atoms with Crippen molar-refractivity contribution in [3.63, 3.8) is 0 Å². The molecule has 0 saturated carbocycles. The van der Waals surface area contributed by atoms with Gasteiger partial charge in [-0.05, 0) is 165 Å².